The van der Waals surface area contributed by atoms with Gasteiger partial charge in [0, 0.05) is 24.3 Å². The number of aryl methyl sites for hydroxylation is 1. The summed E-state index contributed by atoms with van der Waals surface area (Å²) in [7, 11) is 0. The lowest BCUT2D eigenvalue weighted by molar-refractivity contribution is 0.735. The van der Waals surface area contributed by atoms with Gasteiger partial charge in [0.25, 0.3) is 0 Å². The molecule has 0 aliphatic heterocycles. The summed E-state index contributed by atoms with van der Waals surface area (Å²) in [6.07, 6.45) is 1.66. The third-order valence-electron chi connectivity index (χ3n) is 2.37. The molecule has 0 radical (unpaired) electrons. The largest absolute Gasteiger partial charge is 0.334 e. The lowest BCUT2D eigenvalue weighted by Gasteiger charge is -1.98. The summed E-state index contributed by atoms with van der Waals surface area (Å²) in [4.78, 5) is 16.3. The molecule has 0 spiro atoms. The lowest BCUT2D eigenvalue weighted by Crippen LogP contribution is -2.23. The van der Waals surface area contributed by atoms with Gasteiger partial charge in [0.2, 0.25) is 0 Å². The van der Waals surface area contributed by atoms with E-state index in [4.69, 9.17) is 11.6 Å². The molecule has 0 saturated heterocycles. The first-order chi connectivity index (χ1) is 7.66. The van der Waals surface area contributed by atoms with E-state index in [0.717, 1.165) is 5.52 Å². The van der Waals surface area contributed by atoms with Gasteiger partial charge < -0.3 is 0 Å². The molecule has 16 heavy (non-hydrogen) atoms. The van der Waals surface area contributed by atoms with Gasteiger partial charge in [0.1, 0.15) is 0 Å². The van der Waals surface area contributed by atoms with Crippen molar-refractivity contribution in [3.8, 4) is 0 Å². The van der Waals surface area contributed by atoms with Crippen LogP contribution >= 0.6 is 11.6 Å². The number of halogens is 1. The number of alkyl halides is 1. The van der Waals surface area contributed by atoms with E-state index in [1.807, 2.05) is 6.07 Å². The van der Waals surface area contributed by atoms with Crippen LogP contribution in [-0.4, -0.2) is 20.0 Å². The summed E-state index contributed by atoms with van der Waals surface area (Å²) in [6.45, 7) is 6.04. The Labute approximate surface area is 97.8 Å². The molecule has 0 aromatic carbocycles. The molecule has 2 heterocycles. The van der Waals surface area contributed by atoms with Gasteiger partial charge in [-0.05, 0) is 19.1 Å². The van der Waals surface area contributed by atoms with E-state index in [1.165, 1.54) is 0 Å². The van der Waals surface area contributed by atoms with Gasteiger partial charge in [0.05, 0.1) is 5.52 Å². The Morgan fingerprint density at radius 1 is 1.62 bits per heavy atom. The smallest absolute Gasteiger partial charge is 0.275 e. The van der Waals surface area contributed by atoms with E-state index in [2.05, 4.69) is 11.6 Å². The molecule has 0 aliphatic rings. The molecule has 0 aliphatic carbocycles. The van der Waals surface area contributed by atoms with Gasteiger partial charge in [-0.15, -0.1) is 11.6 Å². The van der Waals surface area contributed by atoms with Gasteiger partial charge >= 0.3 is 5.69 Å². The Bertz CT molecular complexity index is 597. The van der Waals surface area contributed by atoms with Crippen molar-refractivity contribution >= 4 is 28.5 Å². The Morgan fingerprint density at radius 3 is 3.00 bits per heavy atom. The van der Waals surface area contributed by atoms with Crippen LogP contribution in [0.1, 0.15) is 6.92 Å². The fraction of sp³-hybridized carbons (Fsp3) is 0.273. The SMILES string of the molecule is C=C(C)n1c(=O)n(CCCl)c2ncccc21. The minimum absolute atomic E-state index is 0.137. The highest BCUT2D eigenvalue weighted by molar-refractivity contribution is 6.17. The number of fused-ring (bicyclic) bond motifs is 1. The number of allylic oxidation sites excluding steroid dienone is 1. The Kier molecular flexibility index (Phi) is 2.83. The normalized spacial score (nSPS) is 10.9. The van der Waals surface area contributed by atoms with Crippen LogP contribution in [0, 0.1) is 0 Å². The third kappa shape index (κ3) is 1.55. The Balaban J connectivity index is 2.86. The molecule has 0 unspecified atom stereocenters. The summed E-state index contributed by atoms with van der Waals surface area (Å²) in [5, 5.41) is 0. The minimum atomic E-state index is -0.137. The van der Waals surface area contributed by atoms with Gasteiger partial charge in [-0.25, -0.2) is 9.78 Å². The van der Waals surface area contributed by atoms with Gasteiger partial charge in [-0.2, -0.15) is 0 Å². The van der Waals surface area contributed by atoms with Crippen LogP contribution in [-0.2, 0) is 6.54 Å². The molecule has 0 fully saturated rings. The van der Waals surface area contributed by atoms with E-state index >= 15 is 0 Å². The number of hydrogen-bond donors (Lipinski definition) is 0. The second-order valence-corrected chi connectivity index (χ2v) is 3.92. The Hall–Kier alpha value is -1.55. The number of pyridine rings is 1. The maximum absolute atomic E-state index is 12.1. The summed E-state index contributed by atoms with van der Waals surface area (Å²) < 4.78 is 3.12. The van der Waals surface area contributed by atoms with Gasteiger partial charge in [0.15, 0.2) is 5.65 Å². The molecule has 5 heteroatoms. The van der Waals surface area contributed by atoms with E-state index in [0.29, 0.717) is 23.8 Å². The van der Waals surface area contributed by atoms with Gasteiger partial charge in [-0.1, -0.05) is 6.58 Å². The first-order valence-corrected chi connectivity index (χ1v) is 5.48. The second kappa shape index (κ2) is 4.14. The fourth-order valence-electron chi connectivity index (χ4n) is 1.74. The van der Waals surface area contributed by atoms with Crippen molar-refractivity contribution < 1.29 is 0 Å². The molecule has 0 bridgehead atoms. The standard InChI is InChI=1S/C11H12ClN3O/c1-8(2)15-9-4-3-6-13-10(9)14(7-5-12)11(15)16/h3-4,6H,1,5,7H2,2H3. The van der Waals surface area contributed by atoms with E-state index in [-0.39, 0.29) is 5.69 Å². The number of aromatic nitrogens is 3. The van der Waals surface area contributed by atoms with E-state index in [9.17, 15) is 4.79 Å². The number of rotatable bonds is 3. The lowest BCUT2D eigenvalue weighted by atomic mass is 10.4. The first-order valence-electron chi connectivity index (χ1n) is 4.95. The van der Waals surface area contributed by atoms with Crippen LogP contribution in [0.2, 0.25) is 0 Å². The molecule has 84 valence electrons. The zero-order valence-electron chi connectivity index (χ0n) is 8.98. The average Bonchev–Trinajstić information content (AvgIpc) is 2.53. The summed E-state index contributed by atoms with van der Waals surface area (Å²) in [6, 6.07) is 3.65. The quantitative estimate of drug-likeness (QED) is 0.766. The van der Waals surface area contributed by atoms with Crippen molar-refractivity contribution in [1.29, 1.82) is 0 Å². The van der Waals surface area contributed by atoms with Crippen LogP contribution < -0.4 is 5.69 Å². The summed E-state index contributed by atoms with van der Waals surface area (Å²) in [5.41, 5.74) is 1.96. The second-order valence-electron chi connectivity index (χ2n) is 3.54. The monoisotopic (exact) mass is 237 g/mol. The first kappa shape index (κ1) is 11.0. The third-order valence-corrected chi connectivity index (χ3v) is 2.54. The number of hydrogen-bond acceptors (Lipinski definition) is 2. The van der Waals surface area contributed by atoms with Crippen molar-refractivity contribution in [2.24, 2.45) is 0 Å². The van der Waals surface area contributed by atoms with Crippen molar-refractivity contribution in [2.45, 2.75) is 13.5 Å². The van der Waals surface area contributed by atoms with Crippen LogP contribution in [0.3, 0.4) is 0 Å². The van der Waals surface area contributed by atoms with Crippen molar-refractivity contribution in [3.05, 3.63) is 35.4 Å². The molecular weight excluding hydrogens is 226 g/mol. The maximum Gasteiger partial charge on any atom is 0.334 e. The minimum Gasteiger partial charge on any atom is -0.275 e. The zero-order chi connectivity index (χ0) is 11.7. The van der Waals surface area contributed by atoms with Crippen LogP contribution in [0.5, 0.6) is 0 Å². The molecule has 2 rings (SSSR count). The fourth-order valence-corrected chi connectivity index (χ4v) is 1.91. The average molecular weight is 238 g/mol. The van der Waals surface area contributed by atoms with Crippen molar-refractivity contribution in [2.75, 3.05) is 5.88 Å². The summed E-state index contributed by atoms with van der Waals surface area (Å²) in [5.74, 6) is 0.381. The predicted octanol–water partition coefficient (Wildman–Crippen LogP) is 1.93. The van der Waals surface area contributed by atoms with Crippen LogP contribution in [0.4, 0.5) is 0 Å². The highest BCUT2D eigenvalue weighted by Crippen LogP contribution is 2.13. The van der Waals surface area contributed by atoms with E-state index < -0.39 is 0 Å². The topological polar surface area (TPSA) is 39.8 Å². The number of nitrogens with zero attached hydrogens (tertiary/aromatic N) is 3. The predicted molar refractivity (Wildman–Crippen MR) is 65.7 cm³/mol. The molecule has 4 nitrogen and oxygen atoms in total. The molecular formula is C11H12ClN3O. The van der Waals surface area contributed by atoms with Gasteiger partial charge in [-0.3, -0.25) is 9.13 Å². The van der Waals surface area contributed by atoms with E-state index in [1.54, 1.807) is 28.3 Å². The van der Waals surface area contributed by atoms with Crippen LogP contribution in [0.25, 0.3) is 16.9 Å². The molecule has 2 aromatic rings. The Morgan fingerprint density at radius 2 is 2.38 bits per heavy atom. The molecule has 0 saturated carbocycles. The highest BCUT2D eigenvalue weighted by atomic mass is 35.5. The maximum atomic E-state index is 12.1. The molecule has 2 aromatic heterocycles. The number of imidazole rings is 1. The highest BCUT2D eigenvalue weighted by Gasteiger charge is 2.13. The zero-order valence-corrected chi connectivity index (χ0v) is 9.74. The van der Waals surface area contributed by atoms with Crippen molar-refractivity contribution in [3.63, 3.8) is 0 Å². The summed E-state index contributed by atoms with van der Waals surface area (Å²) >= 11 is 5.68. The molecule has 0 N–H and O–H groups in total. The molecule has 0 atom stereocenters. The van der Waals surface area contributed by atoms with Crippen molar-refractivity contribution in [1.82, 2.24) is 14.1 Å². The van der Waals surface area contributed by atoms with Crippen LogP contribution in [0.15, 0.2) is 29.7 Å². The molecule has 0 amide bonds.